The van der Waals surface area contributed by atoms with E-state index in [-0.39, 0.29) is 24.0 Å². The number of rotatable bonds is 7. The second-order valence-corrected chi connectivity index (χ2v) is 9.06. The van der Waals surface area contributed by atoms with Gasteiger partial charge in [-0.2, -0.15) is 0 Å². The lowest BCUT2D eigenvalue weighted by atomic mass is 9.98. The van der Waals surface area contributed by atoms with E-state index in [4.69, 9.17) is 0 Å². The summed E-state index contributed by atoms with van der Waals surface area (Å²) in [5.74, 6) is 0.878. The van der Waals surface area contributed by atoms with Gasteiger partial charge in [-0.25, -0.2) is 4.98 Å². The van der Waals surface area contributed by atoms with Crippen LogP contribution < -0.4 is 10.6 Å². The normalized spacial score (nSPS) is 15.2. The van der Waals surface area contributed by atoms with Gasteiger partial charge in [0.25, 0.3) is 0 Å². The first-order valence-corrected chi connectivity index (χ1v) is 12.0. The topological polar surface area (TPSA) is 57.5 Å². The molecule has 1 fully saturated rings. The van der Waals surface area contributed by atoms with Gasteiger partial charge < -0.3 is 20.1 Å². The molecular weight excluding hydrogens is 535 g/mol. The molecule has 0 aliphatic carbocycles. The van der Waals surface area contributed by atoms with Crippen molar-refractivity contribution in [3.8, 4) is 11.1 Å². The van der Waals surface area contributed by atoms with E-state index in [9.17, 15) is 0 Å². The molecule has 0 atom stereocenters. The van der Waals surface area contributed by atoms with Gasteiger partial charge in [0.2, 0.25) is 0 Å². The third-order valence-electron chi connectivity index (χ3n) is 6.48. The lowest BCUT2D eigenvalue weighted by Crippen LogP contribution is -2.49. The maximum absolute atomic E-state index is 4.47. The second-order valence-electron chi connectivity index (χ2n) is 9.06. The first kappa shape index (κ1) is 26.2. The summed E-state index contributed by atoms with van der Waals surface area (Å²) in [5.41, 5.74) is 5.00. The monoisotopic (exact) mass is 572 g/mol. The highest BCUT2D eigenvalue weighted by Gasteiger charge is 2.21. The molecule has 0 spiro atoms. The van der Waals surface area contributed by atoms with Crippen LogP contribution in [-0.2, 0) is 13.1 Å². The Kier molecular flexibility index (Phi) is 9.95. The van der Waals surface area contributed by atoms with Gasteiger partial charge in [-0.1, -0.05) is 48.5 Å². The zero-order valence-corrected chi connectivity index (χ0v) is 22.8. The number of aliphatic imine (C=N–C) groups is 1. The van der Waals surface area contributed by atoms with Crippen molar-refractivity contribution in [2.45, 2.75) is 51.9 Å². The SMILES string of the molecule is CN=C(NCc1ccccc1-c1ccc(Cn2ccnc2)cc1)NC1CCN(C(C)C)CC1.I. The van der Waals surface area contributed by atoms with Crippen molar-refractivity contribution in [3.05, 3.63) is 78.4 Å². The minimum Gasteiger partial charge on any atom is -0.354 e. The fourth-order valence-electron chi connectivity index (χ4n) is 4.46. The number of imidazole rings is 1. The summed E-state index contributed by atoms with van der Waals surface area (Å²) in [7, 11) is 1.85. The van der Waals surface area contributed by atoms with Crippen LogP contribution in [0.4, 0.5) is 0 Å². The molecule has 34 heavy (non-hydrogen) atoms. The van der Waals surface area contributed by atoms with Crippen LogP contribution >= 0.6 is 24.0 Å². The number of likely N-dealkylation sites (tertiary alicyclic amines) is 1. The zero-order chi connectivity index (χ0) is 23.0. The number of hydrogen-bond acceptors (Lipinski definition) is 3. The third kappa shape index (κ3) is 7.06. The van der Waals surface area contributed by atoms with Gasteiger partial charge in [-0.05, 0) is 48.9 Å². The third-order valence-corrected chi connectivity index (χ3v) is 6.48. The van der Waals surface area contributed by atoms with Gasteiger partial charge in [0.05, 0.1) is 6.33 Å². The van der Waals surface area contributed by atoms with Crippen LogP contribution in [0.2, 0.25) is 0 Å². The molecule has 0 bridgehead atoms. The van der Waals surface area contributed by atoms with Gasteiger partial charge in [0, 0.05) is 57.7 Å². The molecular formula is C27H37IN6. The van der Waals surface area contributed by atoms with Gasteiger partial charge >= 0.3 is 0 Å². The summed E-state index contributed by atoms with van der Waals surface area (Å²) in [6, 6.07) is 18.5. The number of nitrogens with one attached hydrogen (secondary N) is 2. The van der Waals surface area contributed by atoms with E-state index >= 15 is 0 Å². The Morgan fingerprint density at radius 3 is 2.47 bits per heavy atom. The van der Waals surface area contributed by atoms with Crippen LogP contribution in [0.3, 0.4) is 0 Å². The molecule has 6 nitrogen and oxygen atoms in total. The molecule has 2 aromatic carbocycles. The highest BCUT2D eigenvalue weighted by molar-refractivity contribution is 14.0. The fraction of sp³-hybridized carbons (Fsp3) is 0.407. The van der Waals surface area contributed by atoms with Crippen molar-refractivity contribution in [1.29, 1.82) is 0 Å². The number of benzene rings is 2. The van der Waals surface area contributed by atoms with E-state index in [1.807, 2.05) is 25.8 Å². The summed E-state index contributed by atoms with van der Waals surface area (Å²) < 4.78 is 2.08. The highest BCUT2D eigenvalue weighted by Crippen LogP contribution is 2.24. The Bertz CT molecular complexity index is 1020. The standard InChI is InChI=1S/C27H36N6.HI/c1-21(2)33-15-12-25(13-16-33)31-27(28-3)30-18-24-6-4-5-7-26(24)23-10-8-22(9-11-23)19-32-17-14-29-20-32;/h4-11,14,17,20-21,25H,12-13,15-16,18-19H2,1-3H3,(H2,28,30,31);1H. The minimum absolute atomic E-state index is 0. The average molecular weight is 573 g/mol. The molecule has 0 unspecified atom stereocenters. The van der Waals surface area contributed by atoms with Gasteiger partial charge in [0.15, 0.2) is 5.96 Å². The smallest absolute Gasteiger partial charge is 0.191 e. The molecule has 1 saturated heterocycles. The van der Waals surface area contributed by atoms with Crippen LogP contribution in [0, 0.1) is 0 Å². The maximum Gasteiger partial charge on any atom is 0.191 e. The molecule has 3 aromatic rings. The van der Waals surface area contributed by atoms with Crippen LogP contribution in [0.1, 0.15) is 37.8 Å². The van der Waals surface area contributed by atoms with E-state index < -0.39 is 0 Å². The lowest BCUT2D eigenvalue weighted by molar-refractivity contribution is 0.167. The van der Waals surface area contributed by atoms with Crippen molar-refractivity contribution in [3.63, 3.8) is 0 Å². The summed E-state index contributed by atoms with van der Waals surface area (Å²) in [4.78, 5) is 11.1. The van der Waals surface area contributed by atoms with Crippen molar-refractivity contribution in [2.24, 2.45) is 4.99 Å². The van der Waals surface area contributed by atoms with Crippen LogP contribution in [0.15, 0.2) is 72.2 Å². The molecule has 2 heterocycles. The highest BCUT2D eigenvalue weighted by atomic mass is 127. The van der Waals surface area contributed by atoms with E-state index in [0.29, 0.717) is 12.1 Å². The first-order chi connectivity index (χ1) is 16.1. The van der Waals surface area contributed by atoms with E-state index in [1.165, 1.54) is 22.3 Å². The molecule has 1 aromatic heterocycles. The number of piperidine rings is 1. The second kappa shape index (κ2) is 12.9. The van der Waals surface area contributed by atoms with Gasteiger partial charge in [-0.3, -0.25) is 4.99 Å². The molecule has 7 heteroatoms. The number of aromatic nitrogens is 2. The first-order valence-electron chi connectivity index (χ1n) is 12.0. The zero-order valence-electron chi connectivity index (χ0n) is 20.4. The Balaban J connectivity index is 0.00000324. The summed E-state index contributed by atoms with van der Waals surface area (Å²) >= 11 is 0. The van der Waals surface area contributed by atoms with E-state index in [2.05, 4.69) is 92.5 Å². The largest absolute Gasteiger partial charge is 0.354 e. The van der Waals surface area contributed by atoms with E-state index in [0.717, 1.165) is 45.0 Å². The molecule has 2 N–H and O–H groups in total. The van der Waals surface area contributed by atoms with Crippen LogP contribution in [0.5, 0.6) is 0 Å². The summed E-state index contributed by atoms with van der Waals surface area (Å²) in [6.07, 6.45) is 7.96. The molecule has 0 saturated carbocycles. The number of hydrogen-bond donors (Lipinski definition) is 2. The molecule has 1 aliphatic rings. The van der Waals surface area contributed by atoms with Gasteiger partial charge in [0.1, 0.15) is 0 Å². The summed E-state index contributed by atoms with van der Waals surface area (Å²) in [6.45, 7) is 8.41. The maximum atomic E-state index is 4.47. The predicted octanol–water partition coefficient (Wildman–Crippen LogP) is 4.75. The van der Waals surface area contributed by atoms with E-state index in [1.54, 1.807) is 0 Å². The summed E-state index contributed by atoms with van der Waals surface area (Å²) in [5, 5.41) is 7.16. The van der Waals surface area contributed by atoms with Crippen molar-refractivity contribution >= 4 is 29.9 Å². The Hall–Kier alpha value is -2.39. The number of nitrogens with zero attached hydrogens (tertiary/aromatic N) is 4. The van der Waals surface area contributed by atoms with Crippen molar-refractivity contribution in [2.75, 3.05) is 20.1 Å². The minimum atomic E-state index is 0. The molecule has 4 rings (SSSR count). The van der Waals surface area contributed by atoms with Crippen LogP contribution in [0.25, 0.3) is 11.1 Å². The fourth-order valence-corrected chi connectivity index (χ4v) is 4.46. The quantitative estimate of drug-likeness (QED) is 0.244. The molecule has 182 valence electrons. The Morgan fingerprint density at radius 2 is 1.82 bits per heavy atom. The van der Waals surface area contributed by atoms with Gasteiger partial charge in [-0.15, -0.1) is 24.0 Å². The number of guanidine groups is 1. The lowest BCUT2D eigenvalue weighted by Gasteiger charge is -2.35. The van der Waals surface area contributed by atoms with Crippen LogP contribution in [-0.4, -0.2) is 52.6 Å². The average Bonchev–Trinajstić information content (AvgIpc) is 3.36. The molecule has 0 amide bonds. The molecule has 1 aliphatic heterocycles. The Labute approximate surface area is 220 Å². The predicted molar refractivity (Wildman–Crippen MR) is 152 cm³/mol. The molecule has 0 radical (unpaired) electrons. The number of halogens is 1. The van der Waals surface area contributed by atoms with Crippen molar-refractivity contribution < 1.29 is 0 Å². The van der Waals surface area contributed by atoms with Crippen molar-refractivity contribution in [1.82, 2.24) is 25.1 Å². The Morgan fingerprint density at radius 1 is 1.09 bits per heavy atom.